The van der Waals surface area contributed by atoms with Crippen molar-refractivity contribution in [1.29, 1.82) is 0 Å². The van der Waals surface area contributed by atoms with Gasteiger partial charge >= 0.3 is 5.97 Å². The van der Waals surface area contributed by atoms with E-state index < -0.39 is 34.1 Å². The first-order chi connectivity index (χ1) is 8.40. The highest BCUT2D eigenvalue weighted by atomic mass is 19.3. The van der Waals surface area contributed by atoms with Crippen LogP contribution in [0.4, 0.5) is 14.5 Å². The summed E-state index contributed by atoms with van der Waals surface area (Å²) >= 11 is 0. The van der Waals surface area contributed by atoms with E-state index >= 15 is 0 Å². The summed E-state index contributed by atoms with van der Waals surface area (Å²) in [6.45, 7) is 2.80. The standard InChI is InChI=1S/C10H10F2N2O4/c1-3-18-10(15)7-5(2)13-4-6(9(11)12)8(7)14(16)17/h4,9H,3H2,1-2H3. The van der Waals surface area contributed by atoms with Crippen molar-refractivity contribution in [1.82, 2.24) is 4.98 Å². The second-order valence-electron chi connectivity index (χ2n) is 3.30. The molecule has 0 aliphatic heterocycles. The van der Waals surface area contributed by atoms with E-state index in [-0.39, 0.29) is 12.3 Å². The molecule has 0 N–H and O–H groups in total. The van der Waals surface area contributed by atoms with Crippen LogP contribution < -0.4 is 0 Å². The number of pyridine rings is 1. The van der Waals surface area contributed by atoms with Crippen LogP contribution in [-0.2, 0) is 4.74 Å². The van der Waals surface area contributed by atoms with Gasteiger partial charge in [-0.3, -0.25) is 15.1 Å². The quantitative estimate of drug-likeness (QED) is 0.471. The molecule has 6 nitrogen and oxygen atoms in total. The van der Waals surface area contributed by atoms with Gasteiger partial charge in [0, 0.05) is 6.20 Å². The van der Waals surface area contributed by atoms with Gasteiger partial charge < -0.3 is 4.74 Å². The Morgan fingerprint density at radius 3 is 2.67 bits per heavy atom. The largest absolute Gasteiger partial charge is 0.462 e. The van der Waals surface area contributed by atoms with Gasteiger partial charge in [0.15, 0.2) is 5.56 Å². The van der Waals surface area contributed by atoms with Crippen LogP contribution in [0.2, 0.25) is 0 Å². The number of hydrogen-bond acceptors (Lipinski definition) is 5. The lowest BCUT2D eigenvalue weighted by molar-refractivity contribution is -0.386. The number of halogens is 2. The first-order valence-corrected chi connectivity index (χ1v) is 4.99. The van der Waals surface area contributed by atoms with E-state index in [9.17, 15) is 23.7 Å². The Balaban J connectivity index is 3.51. The zero-order valence-electron chi connectivity index (χ0n) is 9.65. The van der Waals surface area contributed by atoms with Crippen LogP contribution >= 0.6 is 0 Å². The number of nitrogens with zero attached hydrogens (tertiary/aromatic N) is 2. The maximum atomic E-state index is 12.7. The molecular weight excluding hydrogens is 250 g/mol. The summed E-state index contributed by atoms with van der Waals surface area (Å²) < 4.78 is 29.9. The number of carbonyl (C=O) groups is 1. The minimum Gasteiger partial charge on any atom is -0.462 e. The van der Waals surface area contributed by atoms with E-state index in [1.165, 1.54) is 13.8 Å². The third-order valence-corrected chi connectivity index (χ3v) is 2.17. The van der Waals surface area contributed by atoms with Gasteiger partial charge in [0.05, 0.1) is 17.2 Å². The summed E-state index contributed by atoms with van der Waals surface area (Å²) in [4.78, 5) is 24.9. The number of nitro groups is 1. The molecule has 1 aromatic rings. The number of esters is 1. The molecule has 8 heteroatoms. The van der Waals surface area contributed by atoms with E-state index in [2.05, 4.69) is 9.72 Å². The van der Waals surface area contributed by atoms with Gasteiger partial charge in [-0.1, -0.05) is 0 Å². The molecule has 98 valence electrons. The maximum Gasteiger partial charge on any atom is 0.347 e. The molecule has 0 unspecified atom stereocenters. The van der Waals surface area contributed by atoms with Gasteiger partial charge in [-0.15, -0.1) is 0 Å². The first kappa shape index (κ1) is 13.9. The monoisotopic (exact) mass is 260 g/mol. The average Bonchev–Trinajstić information content (AvgIpc) is 2.27. The number of hydrogen-bond donors (Lipinski definition) is 0. The molecule has 1 aromatic heterocycles. The minimum atomic E-state index is -3.09. The number of alkyl halides is 2. The highest BCUT2D eigenvalue weighted by molar-refractivity contribution is 5.95. The van der Waals surface area contributed by atoms with Gasteiger partial charge in [0.25, 0.3) is 12.1 Å². The fourth-order valence-corrected chi connectivity index (χ4v) is 1.41. The Kier molecular flexibility index (Phi) is 4.24. The van der Waals surface area contributed by atoms with Crippen molar-refractivity contribution in [3.05, 3.63) is 33.1 Å². The molecule has 1 heterocycles. The molecule has 0 aliphatic carbocycles. The van der Waals surface area contributed by atoms with Crippen LogP contribution in [0.3, 0.4) is 0 Å². The molecule has 0 bridgehead atoms. The molecular formula is C10H10F2N2O4. The summed E-state index contributed by atoms with van der Waals surface area (Å²) in [5, 5.41) is 10.8. The third kappa shape index (κ3) is 2.58. The second kappa shape index (κ2) is 5.48. The van der Waals surface area contributed by atoms with Crippen molar-refractivity contribution in [3.63, 3.8) is 0 Å². The number of rotatable bonds is 4. The van der Waals surface area contributed by atoms with Crippen LogP contribution in [0.15, 0.2) is 6.20 Å². The van der Waals surface area contributed by atoms with Gasteiger partial charge in [0.2, 0.25) is 0 Å². The molecule has 0 aromatic carbocycles. The van der Waals surface area contributed by atoms with Crippen molar-refractivity contribution >= 4 is 11.7 Å². The topological polar surface area (TPSA) is 82.3 Å². The molecule has 18 heavy (non-hydrogen) atoms. The predicted molar refractivity (Wildman–Crippen MR) is 56.5 cm³/mol. The van der Waals surface area contributed by atoms with Crippen molar-refractivity contribution < 1.29 is 23.2 Å². The Labute approximate surface area is 101 Å². The Morgan fingerprint density at radius 1 is 1.61 bits per heavy atom. The molecule has 0 radical (unpaired) electrons. The van der Waals surface area contributed by atoms with Crippen molar-refractivity contribution in [3.8, 4) is 0 Å². The molecule has 0 atom stereocenters. The predicted octanol–water partition coefficient (Wildman–Crippen LogP) is 2.41. The molecule has 0 amide bonds. The van der Waals surface area contributed by atoms with Crippen molar-refractivity contribution in [2.75, 3.05) is 6.61 Å². The molecule has 0 fully saturated rings. The molecule has 0 saturated carbocycles. The van der Waals surface area contributed by atoms with Gasteiger partial charge in [-0.2, -0.15) is 0 Å². The number of carbonyl (C=O) groups excluding carboxylic acids is 1. The van der Waals surface area contributed by atoms with Gasteiger partial charge in [0.1, 0.15) is 5.56 Å². The van der Waals surface area contributed by atoms with E-state index in [4.69, 9.17) is 0 Å². The van der Waals surface area contributed by atoms with Crippen LogP contribution in [0.1, 0.15) is 35.0 Å². The van der Waals surface area contributed by atoms with Crippen molar-refractivity contribution in [2.45, 2.75) is 20.3 Å². The number of ether oxygens (including phenoxy) is 1. The smallest absolute Gasteiger partial charge is 0.347 e. The number of aromatic nitrogens is 1. The molecule has 0 aliphatic rings. The van der Waals surface area contributed by atoms with Crippen LogP contribution in [0, 0.1) is 17.0 Å². The Morgan fingerprint density at radius 2 is 2.22 bits per heavy atom. The van der Waals surface area contributed by atoms with Crippen LogP contribution in [-0.4, -0.2) is 22.5 Å². The summed E-state index contributed by atoms with van der Waals surface area (Å²) in [5.74, 6) is -1.03. The maximum absolute atomic E-state index is 12.7. The lowest BCUT2D eigenvalue weighted by atomic mass is 10.1. The summed E-state index contributed by atoms with van der Waals surface area (Å²) in [7, 11) is 0. The van der Waals surface area contributed by atoms with E-state index in [1.54, 1.807) is 0 Å². The van der Waals surface area contributed by atoms with Gasteiger partial charge in [-0.25, -0.2) is 13.6 Å². The van der Waals surface area contributed by atoms with E-state index in [0.717, 1.165) is 0 Å². The fourth-order valence-electron chi connectivity index (χ4n) is 1.41. The Hall–Kier alpha value is -2.12. The van der Waals surface area contributed by atoms with Crippen molar-refractivity contribution in [2.24, 2.45) is 0 Å². The molecule has 1 rings (SSSR count). The highest BCUT2D eigenvalue weighted by Gasteiger charge is 2.32. The van der Waals surface area contributed by atoms with E-state index in [1.807, 2.05) is 0 Å². The summed E-state index contributed by atoms with van der Waals surface area (Å²) in [6.07, 6.45) is -2.40. The Bertz CT molecular complexity index is 491. The lowest BCUT2D eigenvalue weighted by Gasteiger charge is -2.08. The highest BCUT2D eigenvalue weighted by Crippen LogP contribution is 2.32. The first-order valence-electron chi connectivity index (χ1n) is 4.99. The molecule has 0 saturated heterocycles. The van der Waals surface area contributed by atoms with E-state index in [0.29, 0.717) is 6.20 Å². The SMILES string of the molecule is CCOC(=O)c1c(C)ncc(C(F)F)c1[N+](=O)[O-]. The zero-order valence-corrected chi connectivity index (χ0v) is 9.65. The lowest BCUT2D eigenvalue weighted by Crippen LogP contribution is -2.13. The van der Waals surface area contributed by atoms with Gasteiger partial charge in [-0.05, 0) is 13.8 Å². The summed E-state index contributed by atoms with van der Waals surface area (Å²) in [5.41, 5.74) is -2.39. The minimum absolute atomic E-state index is 0.0195. The van der Waals surface area contributed by atoms with Crippen LogP contribution in [0.25, 0.3) is 0 Å². The zero-order chi connectivity index (χ0) is 13.9. The number of aryl methyl sites for hydroxylation is 1. The molecule has 0 spiro atoms. The second-order valence-corrected chi connectivity index (χ2v) is 3.30. The summed E-state index contributed by atoms with van der Waals surface area (Å²) in [6, 6.07) is 0. The fraction of sp³-hybridized carbons (Fsp3) is 0.400. The van der Waals surface area contributed by atoms with Crippen LogP contribution in [0.5, 0.6) is 0 Å². The normalized spacial score (nSPS) is 10.5. The third-order valence-electron chi connectivity index (χ3n) is 2.17. The average molecular weight is 260 g/mol.